The van der Waals surface area contributed by atoms with Crippen molar-refractivity contribution in [1.29, 1.82) is 0 Å². The van der Waals surface area contributed by atoms with Crippen molar-refractivity contribution in [3.8, 4) is 0 Å². The molecule has 15 heavy (non-hydrogen) atoms. The van der Waals surface area contributed by atoms with Gasteiger partial charge in [0, 0.05) is 5.25 Å². The monoisotopic (exact) mass is 229 g/mol. The van der Waals surface area contributed by atoms with E-state index in [1.54, 1.807) is 0 Å². The van der Waals surface area contributed by atoms with Gasteiger partial charge in [-0.1, -0.05) is 0 Å². The molecule has 0 saturated heterocycles. The Hall–Kier alpha value is -1.50. The molecule has 0 aromatic carbocycles. The Kier molecular flexibility index (Phi) is 2.39. The van der Waals surface area contributed by atoms with Crippen LogP contribution < -0.4 is 0 Å². The Morgan fingerprint density at radius 1 is 1.53 bits per heavy atom. The first-order chi connectivity index (χ1) is 7.09. The summed E-state index contributed by atoms with van der Waals surface area (Å²) in [4.78, 5) is 20.0. The molecule has 0 N–H and O–H groups in total. The largest absolute Gasteiger partial charge is 0.511 e. The molecule has 1 amide bonds. The molecule has 1 aliphatic carbocycles. The summed E-state index contributed by atoms with van der Waals surface area (Å²) in [5.41, 5.74) is 0. The maximum absolute atomic E-state index is 11.5. The standard InChI is InChI=1S/C8H7NO5S/c10-8(9(11)12)6-3-4-7(14-6)15(13)5-1-2-5/h3-5H,1-2H2. The van der Waals surface area contributed by atoms with Gasteiger partial charge in [0.1, 0.15) is 4.92 Å². The smallest absolute Gasteiger partial charge is 0.437 e. The van der Waals surface area contributed by atoms with Crippen molar-refractivity contribution < 1.29 is 18.3 Å². The molecule has 1 fully saturated rings. The van der Waals surface area contributed by atoms with Crippen molar-refractivity contribution in [1.82, 2.24) is 0 Å². The fraction of sp³-hybridized carbons (Fsp3) is 0.375. The number of amides is 1. The number of carbonyl (C=O) groups is 1. The first-order valence-electron chi connectivity index (χ1n) is 4.28. The highest BCUT2D eigenvalue weighted by atomic mass is 32.2. The number of nitrogens with zero attached hydrogens (tertiary/aromatic N) is 1. The summed E-state index contributed by atoms with van der Waals surface area (Å²) in [6, 6.07) is 2.53. The summed E-state index contributed by atoms with van der Waals surface area (Å²) in [7, 11) is -1.27. The van der Waals surface area contributed by atoms with Crippen LogP contribution in [0.2, 0.25) is 0 Å². The molecular formula is C8H7NO5S. The van der Waals surface area contributed by atoms with Crippen LogP contribution in [0.3, 0.4) is 0 Å². The maximum Gasteiger partial charge on any atom is 0.511 e. The number of hydrogen-bond acceptors (Lipinski definition) is 5. The summed E-state index contributed by atoms with van der Waals surface area (Å²) in [5.74, 6) is -1.68. The normalized spacial score (nSPS) is 17.3. The zero-order chi connectivity index (χ0) is 11.0. The molecule has 1 atom stereocenters. The Morgan fingerprint density at radius 3 is 2.73 bits per heavy atom. The number of rotatable bonds is 3. The Balaban J connectivity index is 2.19. The summed E-state index contributed by atoms with van der Waals surface area (Å²) >= 11 is 0. The predicted molar refractivity (Wildman–Crippen MR) is 49.5 cm³/mol. The fourth-order valence-corrected chi connectivity index (χ4v) is 2.35. The minimum absolute atomic E-state index is 0.0784. The van der Waals surface area contributed by atoms with E-state index in [1.165, 1.54) is 12.1 Å². The van der Waals surface area contributed by atoms with E-state index in [9.17, 15) is 19.1 Å². The summed E-state index contributed by atoms with van der Waals surface area (Å²) in [5, 5.41) is 10.4. The average Bonchev–Trinajstić information content (AvgIpc) is 2.93. The van der Waals surface area contributed by atoms with Crippen molar-refractivity contribution >= 4 is 16.7 Å². The van der Waals surface area contributed by atoms with E-state index >= 15 is 0 Å². The SMILES string of the molecule is O=C(c1ccc(S(=O)C2CC2)o1)[N+](=O)[O-]. The highest BCUT2D eigenvalue weighted by molar-refractivity contribution is 7.85. The quantitative estimate of drug-likeness (QED) is 0.568. The summed E-state index contributed by atoms with van der Waals surface area (Å²) < 4.78 is 16.4. The highest BCUT2D eigenvalue weighted by Gasteiger charge is 2.32. The molecule has 1 aromatic heterocycles. The van der Waals surface area contributed by atoms with E-state index in [2.05, 4.69) is 0 Å². The molecular weight excluding hydrogens is 222 g/mol. The third-order valence-electron chi connectivity index (χ3n) is 1.98. The van der Waals surface area contributed by atoms with E-state index in [0.29, 0.717) is 0 Å². The molecule has 0 bridgehead atoms. The molecule has 6 nitrogen and oxygen atoms in total. The minimum atomic E-state index is -1.31. The molecule has 0 aliphatic heterocycles. The van der Waals surface area contributed by atoms with Gasteiger partial charge in [0.2, 0.25) is 5.76 Å². The topological polar surface area (TPSA) is 90.4 Å². The van der Waals surface area contributed by atoms with Gasteiger partial charge in [0.05, 0.1) is 10.8 Å². The van der Waals surface area contributed by atoms with Gasteiger partial charge in [-0.3, -0.25) is 14.3 Å². The lowest BCUT2D eigenvalue weighted by molar-refractivity contribution is -0.376. The van der Waals surface area contributed by atoms with E-state index in [1.807, 2.05) is 0 Å². The lowest BCUT2D eigenvalue weighted by Crippen LogP contribution is -2.10. The van der Waals surface area contributed by atoms with Crippen LogP contribution in [0.15, 0.2) is 21.6 Å². The second-order valence-corrected chi connectivity index (χ2v) is 4.84. The van der Waals surface area contributed by atoms with Crippen molar-refractivity contribution in [2.45, 2.75) is 23.2 Å². The van der Waals surface area contributed by atoms with Crippen LogP contribution in [0, 0.1) is 10.1 Å². The molecule has 0 radical (unpaired) electrons. The Bertz CT molecular complexity index is 448. The van der Waals surface area contributed by atoms with Gasteiger partial charge < -0.3 is 4.42 Å². The summed E-state index contributed by atoms with van der Waals surface area (Å²) in [6.45, 7) is 0. The number of carbonyl (C=O) groups excluding carboxylic acids is 1. The van der Waals surface area contributed by atoms with Crippen LogP contribution in [0.5, 0.6) is 0 Å². The van der Waals surface area contributed by atoms with Gasteiger partial charge in [-0.15, -0.1) is 0 Å². The van der Waals surface area contributed by atoms with Gasteiger partial charge in [-0.05, 0) is 25.0 Å². The third-order valence-corrected chi connectivity index (χ3v) is 3.68. The van der Waals surface area contributed by atoms with Crippen LogP contribution in [-0.4, -0.2) is 20.3 Å². The van der Waals surface area contributed by atoms with Gasteiger partial charge >= 0.3 is 5.91 Å². The second kappa shape index (κ2) is 3.58. The first kappa shape index (κ1) is 10.0. The van der Waals surface area contributed by atoms with Crippen molar-refractivity contribution in [3.63, 3.8) is 0 Å². The van der Waals surface area contributed by atoms with Gasteiger partial charge in [-0.25, -0.2) is 4.79 Å². The van der Waals surface area contributed by atoms with E-state index in [0.717, 1.165) is 12.8 Å². The average molecular weight is 229 g/mol. The maximum atomic E-state index is 11.5. The minimum Gasteiger partial charge on any atom is -0.437 e. The van der Waals surface area contributed by atoms with E-state index in [4.69, 9.17) is 4.42 Å². The van der Waals surface area contributed by atoms with E-state index in [-0.39, 0.29) is 16.1 Å². The molecule has 80 valence electrons. The van der Waals surface area contributed by atoms with E-state index < -0.39 is 21.6 Å². The zero-order valence-corrected chi connectivity index (χ0v) is 8.36. The third kappa shape index (κ3) is 1.96. The molecule has 1 aliphatic rings. The summed E-state index contributed by atoms with van der Waals surface area (Å²) in [6.07, 6.45) is 1.73. The Morgan fingerprint density at radius 2 is 2.20 bits per heavy atom. The fourth-order valence-electron chi connectivity index (χ4n) is 1.08. The Labute approximate surface area is 86.9 Å². The molecule has 1 saturated carbocycles. The lowest BCUT2D eigenvalue weighted by Gasteiger charge is -1.92. The van der Waals surface area contributed by atoms with Gasteiger partial charge in [0.25, 0.3) is 0 Å². The van der Waals surface area contributed by atoms with Crippen molar-refractivity contribution in [3.05, 3.63) is 28.0 Å². The van der Waals surface area contributed by atoms with Crippen LogP contribution in [0.25, 0.3) is 0 Å². The van der Waals surface area contributed by atoms with Crippen molar-refractivity contribution in [2.24, 2.45) is 0 Å². The molecule has 2 rings (SSSR count). The van der Waals surface area contributed by atoms with Gasteiger partial charge in [-0.2, -0.15) is 0 Å². The van der Waals surface area contributed by atoms with Crippen LogP contribution in [-0.2, 0) is 10.8 Å². The molecule has 7 heteroatoms. The number of hydrogen-bond donors (Lipinski definition) is 0. The van der Waals surface area contributed by atoms with Crippen LogP contribution in [0.4, 0.5) is 0 Å². The molecule has 0 spiro atoms. The first-order valence-corrected chi connectivity index (χ1v) is 5.50. The van der Waals surface area contributed by atoms with Crippen molar-refractivity contribution in [2.75, 3.05) is 0 Å². The van der Waals surface area contributed by atoms with Gasteiger partial charge in [0.15, 0.2) is 5.09 Å². The zero-order valence-electron chi connectivity index (χ0n) is 7.54. The lowest BCUT2D eigenvalue weighted by atomic mass is 10.4. The van der Waals surface area contributed by atoms with Crippen LogP contribution >= 0.6 is 0 Å². The second-order valence-electron chi connectivity index (χ2n) is 3.18. The molecule has 1 aromatic rings. The number of furan rings is 1. The van der Waals surface area contributed by atoms with Crippen LogP contribution in [0.1, 0.15) is 23.4 Å². The molecule has 1 heterocycles. The highest BCUT2D eigenvalue weighted by Crippen LogP contribution is 2.31. The molecule has 1 unspecified atom stereocenters. The number of nitro groups is 1. The predicted octanol–water partition coefficient (Wildman–Crippen LogP) is 0.966.